The molecule has 0 bridgehead atoms. The highest BCUT2D eigenvalue weighted by molar-refractivity contribution is 5.66. The van der Waals surface area contributed by atoms with Gasteiger partial charge in [-0.15, -0.1) is 0 Å². The van der Waals surface area contributed by atoms with Crippen molar-refractivity contribution >= 4 is 12.2 Å². The third-order valence-corrected chi connectivity index (χ3v) is 4.91. The number of benzene rings is 2. The Labute approximate surface area is 193 Å². The van der Waals surface area contributed by atoms with Crippen LogP contribution in [-0.2, 0) is 18.7 Å². The lowest BCUT2D eigenvalue weighted by Crippen LogP contribution is -2.37. The molecule has 2 heterocycles. The lowest BCUT2D eigenvalue weighted by Gasteiger charge is -2.28. The van der Waals surface area contributed by atoms with Crippen molar-refractivity contribution in [3.8, 4) is 5.75 Å². The second-order valence-electron chi connectivity index (χ2n) is 7.67. The molecule has 0 saturated carbocycles. The summed E-state index contributed by atoms with van der Waals surface area (Å²) >= 11 is 0. The molecule has 2 N–H and O–H groups in total. The summed E-state index contributed by atoms with van der Waals surface area (Å²) in [5.74, 6) is -0.727. The highest BCUT2D eigenvalue weighted by atomic mass is 19.1. The van der Waals surface area contributed by atoms with Crippen LogP contribution in [-0.4, -0.2) is 46.0 Å². The highest BCUT2D eigenvalue weighted by Crippen LogP contribution is 2.28. The Kier molecular flexibility index (Phi) is 6.75. The van der Waals surface area contributed by atoms with Crippen LogP contribution in [0.5, 0.6) is 5.75 Å². The van der Waals surface area contributed by atoms with E-state index >= 15 is 0 Å². The predicted octanol–water partition coefficient (Wildman–Crippen LogP) is 2.62. The number of aromatic nitrogens is 6. The standard InChI is InChI=1S/C23H22F2N6O3/c1-16(32)34-19-6-2-17(3-7-19)4-9-22-27-15-31(29-22)12-23(33,11-30-14-26-13-28-30)20-8-5-18(24)10-21(20)25/h2-10,13-16,32-33H,11-12H2,1H3. The van der Waals surface area contributed by atoms with Crippen LogP contribution in [0.1, 0.15) is 23.9 Å². The molecule has 0 aliphatic carbocycles. The van der Waals surface area contributed by atoms with Crippen LogP contribution < -0.4 is 4.74 Å². The molecule has 2 unspecified atom stereocenters. The van der Waals surface area contributed by atoms with Crippen molar-refractivity contribution in [1.82, 2.24) is 29.5 Å². The molecule has 2 aromatic heterocycles. The first-order chi connectivity index (χ1) is 16.3. The number of nitrogens with zero attached hydrogens (tertiary/aromatic N) is 6. The fourth-order valence-corrected chi connectivity index (χ4v) is 3.42. The van der Waals surface area contributed by atoms with E-state index in [9.17, 15) is 19.0 Å². The van der Waals surface area contributed by atoms with Crippen LogP contribution >= 0.6 is 0 Å². The Hall–Kier alpha value is -3.96. The zero-order chi connectivity index (χ0) is 24.1. The van der Waals surface area contributed by atoms with Gasteiger partial charge >= 0.3 is 0 Å². The zero-order valence-corrected chi connectivity index (χ0v) is 18.2. The van der Waals surface area contributed by atoms with Crippen LogP contribution in [0.25, 0.3) is 12.2 Å². The Balaban J connectivity index is 1.53. The minimum atomic E-state index is -1.81. The van der Waals surface area contributed by atoms with Gasteiger partial charge in [-0.3, -0.25) is 0 Å². The summed E-state index contributed by atoms with van der Waals surface area (Å²) in [7, 11) is 0. The first-order valence-corrected chi connectivity index (χ1v) is 10.3. The van der Waals surface area contributed by atoms with E-state index in [1.54, 1.807) is 36.4 Å². The van der Waals surface area contributed by atoms with Gasteiger partial charge < -0.3 is 14.9 Å². The van der Waals surface area contributed by atoms with Crippen LogP contribution in [0.15, 0.2) is 61.4 Å². The fourth-order valence-electron chi connectivity index (χ4n) is 3.42. The molecule has 0 amide bonds. The maximum absolute atomic E-state index is 14.6. The van der Waals surface area contributed by atoms with Gasteiger partial charge in [0.2, 0.25) is 0 Å². The first kappa shape index (κ1) is 23.2. The van der Waals surface area contributed by atoms with E-state index in [-0.39, 0.29) is 18.7 Å². The topological polar surface area (TPSA) is 111 Å². The lowest BCUT2D eigenvalue weighted by atomic mass is 9.93. The summed E-state index contributed by atoms with van der Waals surface area (Å²) in [5, 5.41) is 29.0. The van der Waals surface area contributed by atoms with Crippen molar-refractivity contribution in [3.05, 3.63) is 90.0 Å². The van der Waals surface area contributed by atoms with E-state index in [0.29, 0.717) is 17.6 Å². The normalized spacial score (nSPS) is 14.3. The van der Waals surface area contributed by atoms with Crippen molar-refractivity contribution in [2.24, 2.45) is 0 Å². The second-order valence-corrected chi connectivity index (χ2v) is 7.67. The SMILES string of the molecule is CC(O)Oc1ccc(C=Cc2ncn(CC(O)(Cn3cncn3)c3ccc(F)cc3F)n2)cc1. The quantitative estimate of drug-likeness (QED) is 0.363. The van der Waals surface area contributed by atoms with Gasteiger partial charge in [0, 0.05) is 11.6 Å². The van der Waals surface area contributed by atoms with Gasteiger partial charge in [0.15, 0.2) is 12.1 Å². The van der Waals surface area contributed by atoms with E-state index in [0.717, 1.165) is 11.6 Å². The summed E-state index contributed by atoms with van der Waals surface area (Å²) < 4.78 is 35.9. The van der Waals surface area contributed by atoms with E-state index in [1.807, 2.05) is 0 Å². The summed E-state index contributed by atoms with van der Waals surface area (Å²) in [6, 6.07) is 10.1. The average molecular weight is 468 g/mol. The summed E-state index contributed by atoms with van der Waals surface area (Å²) in [6.07, 6.45) is 6.65. The van der Waals surface area contributed by atoms with Crippen molar-refractivity contribution in [2.75, 3.05) is 0 Å². The number of rotatable bonds is 9. The molecule has 176 valence electrons. The molecule has 2 atom stereocenters. The average Bonchev–Trinajstić information content (AvgIpc) is 3.44. The van der Waals surface area contributed by atoms with Gasteiger partial charge in [0.25, 0.3) is 0 Å². The van der Waals surface area contributed by atoms with E-state index < -0.39 is 23.5 Å². The molecule has 0 spiro atoms. The molecule has 0 fully saturated rings. The van der Waals surface area contributed by atoms with Crippen molar-refractivity contribution in [1.29, 1.82) is 0 Å². The number of ether oxygens (including phenoxy) is 1. The predicted molar refractivity (Wildman–Crippen MR) is 118 cm³/mol. The molecule has 4 aromatic rings. The number of aliphatic hydroxyl groups is 2. The molecular weight excluding hydrogens is 446 g/mol. The molecule has 0 saturated heterocycles. The van der Waals surface area contributed by atoms with Gasteiger partial charge in [0.05, 0.1) is 13.1 Å². The molecule has 0 radical (unpaired) electrons. The summed E-state index contributed by atoms with van der Waals surface area (Å²) in [6.45, 7) is 1.22. The summed E-state index contributed by atoms with van der Waals surface area (Å²) in [5.41, 5.74) is -1.05. The van der Waals surface area contributed by atoms with Crippen molar-refractivity contribution < 1.29 is 23.7 Å². The van der Waals surface area contributed by atoms with Gasteiger partial charge in [0.1, 0.15) is 42.0 Å². The van der Waals surface area contributed by atoms with Gasteiger partial charge in [-0.1, -0.05) is 24.3 Å². The Bertz CT molecular complexity index is 1260. The lowest BCUT2D eigenvalue weighted by molar-refractivity contribution is -0.00860. The maximum Gasteiger partial charge on any atom is 0.194 e. The molecule has 4 rings (SSSR count). The van der Waals surface area contributed by atoms with Crippen molar-refractivity contribution in [3.63, 3.8) is 0 Å². The van der Waals surface area contributed by atoms with E-state index in [2.05, 4.69) is 20.2 Å². The molecule has 0 aliphatic rings. The van der Waals surface area contributed by atoms with Crippen LogP contribution in [0.4, 0.5) is 8.78 Å². The first-order valence-electron chi connectivity index (χ1n) is 10.3. The van der Waals surface area contributed by atoms with E-state index in [4.69, 9.17) is 4.74 Å². The van der Waals surface area contributed by atoms with Crippen molar-refractivity contribution in [2.45, 2.75) is 31.9 Å². The molecular formula is C23H22F2N6O3. The van der Waals surface area contributed by atoms with Crippen LogP contribution in [0, 0.1) is 11.6 Å². The second kappa shape index (κ2) is 9.89. The highest BCUT2D eigenvalue weighted by Gasteiger charge is 2.34. The fraction of sp³-hybridized carbons (Fsp3) is 0.217. The number of halogens is 2. The smallest absolute Gasteiger partial charge is 0.194 e. The van der Waals surface area contributed by atoms with Crippen LogP contribution in [0.2, 0.25) is 0 Å². The van der Waals surface area contributed by atoms with Crippen LogP contribution in [0.3, 0.4) is 0 Å². The third kappa shape index (κ3) is 5.69. The zero-order valence-electron chi connectivity index (χ0n) is 18.2. The minimum absolute atomic E-state index is 0.100. The number of hydrogen-bond acceptors (Lipinski definition) is 7. The molecule has 9 nitrogen and oxygen atoms in total. The van der Waals surface area contributed by atoms with Gasteiger partial charge in [-0.25, -0.2) is 28.1 Å². The maximum atomic E-state index is 14.6. The van der Waals surface area contributed by atoms with Gasteiger partial charge in [-0.05, 0) is 36.8 Å². The molecule has 2 aromatic carbocycles. The largest absolute Gasteiger partial charge is 0.465 e. The summed E-state index contributed by atoms with van der Waals surface area (Å²) in [4.78, 5) is 8.05. The molecule has 34 heavy (non-hydrogen) atoms. The minimum Gasteiger partial charge on any atom is -0.465 e. The Morgan fingerprint density at radius 1 is 1.06 bits per heavy atom. The Morgan fingerprint density at radius 2 is 1.82 bits per heavy atom. The Morgan fingerprint density at radius 3 is 2.50 bits per heavy atom. The number of aliphatic hydroxyl groups excluding tert-OH is 1. The monoisotopic (exact) mass is 468 g/mol. The molecule has 11 heteroatoms. The third-order valence-electron chi connectivity index (χ3n) is 4.91. The van der Waals surface area contributed by atoms with Gasteiger partial charge in [-0.2, -0.15) is 10.2 Å². The van der Waals surface area contributed by atoms with E-state index in [1.165, 1.54) is 41.3 Å². The number of hydrogen-bond donors (Lipinski definition) is 2. The molecule has 0 aliphatic heterocycles.